The molecule has 1 amide bonds. The highest BCUT2D eigenvalue weighted by atomic mass is 35.5. The molecule has 3 aromatic carbocycles. The van der Waals surface area contributed by atoms with Gasteiger partial charge in [0.2, 0.25) is 5.75 Å². The van der Waals surface area contributed by atoms with Gasteiger partial charge in [0.25, 0.3) is 5.91 Å². The van der Waals surface area contributed by atoms with E-state index in [4.69, 9.17) is 26.2 Å². The van der Waals surface area contributed by atoms with E-state index in [-0.39, 0.29) is 40.3 Å². The van der Waals surface area contributed by atoms with Gasteiger partial charge in [0.15, 0.2) is 0 Å². The first kappa shape index (κ1) is 24.0. The zero-order valence-electron chi connectivity index (χ0n) is 17.7. The van der Waals surface area contributed by atoms with Crippen molar-refractivity contribution in [2.75, 3.05) is 14.1 Å². The van der Waals surface area contributed by atoms with Gasteiger partial charge in [-0.25, -0.2) is 4.39 Å². The van der Waals surface area contributed by atoms with Gasteiger partial charge >= 0.3 is 5.69 Å². The summed E-state index contributed by atoms with van der Waals surface area (Å²) >= 11 is 6.06. The number of halogens is 2. The third kappa shape index (κ3) is 5.76. The Labute approximate surface area is 193 Å². The summed E-state index contributed by atoms with van der Waals surface area (Å²) in [5.41, 5.74) is 0.735. The van der Waals surface area contributed by atoms with Gasteiger partial charge in [0, 0.05) is 37.4 Å². The summed E-state index contributed by atoms with van der Waals surface area (Å²) in [7, 11) is 3.26. The molecule has 0 spiro atoms. The topological polar surface area (TPSA) is 102 Å². The molecule has 172 valence electrons. The predicted molar refractivity (Wildman–Crippen MR) is 119 cm³/mol. The maximum absolute atomic E-state index is 13.9. The van der Waals surface area contributed by atoms with E-state index in [0.717, 1.165) is 6.07 Å². The van der Waals surface area contributed by atoms with Gasteiger partial charge in [-0.2, -0.15) is 0 Å². The number of nitrogens with zero attached hydrogens (tertiary/aromatic N) is 2. The summed E-state index contributed by atoms with van der Waals surface area (Å²) in [6, 6.07) is 12.7. The molecule has 1 N–H and O–H groups in total. The van der Waals surface area contributed by atoms with E-state index in [2.05, 4.69) is 0 Å². The second-order valence-corrected chi connectivity index (χ2v) is 7.61. The lowest BCUT2D eigenvalue weighted by atomic mass is 10.2. The van der Waals surface area contributed by atoms with Crippen LogP contribution >= 0.6 is 11.6 Å². The first-order chi connectivity index (χ1) is 15.7. The van der Waals surface area contributed by atoms with Gasteiger partial charge in [0.05, 0.1) is 16.6 Å². The number of carbonyl (C=O) groups is 1. The molecule has 3 rings (SSSR count). The SMILES string of the molecule is CN(C)C(=O)c1ccc(Oc2cc(COc3cc(F)c(CO)cc3Cl)ccc2[N+](=O)[O-])cc1. The van der Waals surface area contributed by atoms with Crippen LogP contribution in [0.5, 0.6) is 17.2 Å². The fraction of sp³-hybridized carbons (Fsp3) is 0.174. The zero-order chi connectivity index (χ0) is 24.1. The molecule has 0 aliphatic rings. The van der Waals surface area contributed by atoms with Crippen molar-refractivity contribution in [1.29, 1.82) is 0 Å². The Morgan fingerprint density at radius 1 is 1.12 bits per heavy atom. The van der Waals surface area contributed by atoms with Crippen LogP contribution in [-0.4, -0.2) is 34.9 Å². The molecule has 33 heavy (non-hydrogen) atoms. The Morgan fingerprint density at radius 3 is 2.42 bits per heavy atom. The normalized spacial score (nSPS) is 10.6. The third-order valence-corrected chi connectivity index (χ3v) is 4.92. The Kier molecular flexibility index (Phi) is 7.47. The fourth-order valence-electron chi connectivity index (χ4n) is 2.89. The number of nitro benzene ring substituents is 1. The Morgan fingerprint density at radius 2 is 1.82 bits per heavy atom. The molecular weight excluding hydrogens is 455 g/mol. The second-order valence-electron chi connectivity index (χ2n) is 7.21. The summed E-state index contributed by atoms with van der Waals surface area (Å²) in [5, 5.41) is 20.6. The average Bonchev–Trinajstić information content (AvgIpc) is 2.79. The summed E-state index contributed by atoms with van der Waals surface area (Å²) in [4.78, 5) is 24.3. The van der Waals surface area contributed by atoms with Crippen LogP contribution in [0.1, 0.15) is 21.5 Å². The smallest absolute Gasteiger partial charge is 0.311 e. The molecular formula is C23H20ClFN2O6. The third-order valence-electron chi connectivity index (χ3n) is 4.62. The molecule has 0 atom stereocenters. The highest BCUT2D eigenvalue weighted by Gasteiger charge is 2.18. The molecule has 0 aliphatic heterocycles. The fourth-order valence-corrected chi connectivity index (χ4v) is 3.14. The standard InChI is InChI=1S/C23H20ClFN2O6/c1-26(2)23(29)15-4-6-17(7-5-15)33-22-9-14(3-8-20(22)27(30)31)13-32-21-11-19(25)16(12-28)10-18(21)24/h3-11,28H,12-13H2,1-2H3. The number of benzene rings is 3. The number of nitro groups is 1. The first-order valence-electron chi connectivity index (χ1n) is 9.68. The molecule has 0 aromatic heterocycles. The lowest BCUT2D eigenvalue weighted by molar-refractivity contribution is -0.385. The van der Waals surface area contributed by atoms with Crippen molar-refractivity contribution < 1.29 is 28.7 Å². The van der Waals surface area contributed by atoms with Crippen molar-refractivity contribution in [2.24, 2.45) is 0 Å². The highest BCUT2D eigenvalue weighted by molar-refractivity contribution is 6.32. The Bertz CT molecular complexity index is 1180. The molecule has 8 nitrogen and oxygen atoms in total. The molecule has 0 fully saturated rings. The van der Waals surface area contributed by atoms with Gasteiger partial charge in [0.1, 0.15) is 23.9 Å². The number of carbonyl (C=O) groups excluding carboxylic acids is 1. The van der Waals surface area contributed by atoms with Crippen molar-refractivity contribution in [2.45, 2.75) is 13.2 Å². The van der Waals surface area contributed by atoms with E-state index in [9.17, 15) is 19.3 Å². The second kappa shape index (κ2) is 10.3. The van der Waals surface area contributed by atoms with Crippen LogP contribution in [0.15, 0.2) is 54.6 Å². The lowest BCUT2D eigenvalue weighted by Gasteiger charge is -2.12. The predicted octanol–water partition coefficient (Wildman–Crippen LogP) is 4.95. The molecule has 0 unspecified atom stereocenters. The average molecular weight is 475 g/mol. The summed E-state index contributed by atoms with van der Waals surface area (Å²) in [6.07, 6.45) is 0. The number of hydrogen-bond donors (Lipinski definition) is 1. The molecule has 0 radical (unpaired) electrons. The molecule has 0 heterocycles. The first-order valence-corrected chi connectivity index (χ1v) is 10.1. The van der Waals surface area contributed by atoms with Crippen molar-refractivity contribution in [1.82, 2.24) is 4.90 Å². The van der Waals surface area contributed by atoms with E-state index in [1.54, 1.807) is 26.2 Å². The van der Waals surface area contributed by atoms with E-state index in [0.29, 0.717) is 16.9 Å². The number of ether oxygens (including phenoxy) is 2. The molecule has 0 aliphatic carbocycles. The Balaban J connectivity index is 1.81. The maximum Gasteiger partial charge on any atom is 0.311 e. The minimum Gasteiger partial charge on any atom is -0.487 e. The molecule has 0 saturated heterocycles. The van der Waals surface area contributed by atoms with Gasteiger partial charge in [-0.05, 0) is 48.0 Å². The maximum atomic E-state index is 13.9. The summed E-state index contributed by atoms with van der Waals surface area (Å²) in [5.74, 6) is -0.514. The van der Waals surface area contributed by atoms with Gasteiger partial charge < -0.3 is 19.5 Å². The molecule has 3 aromatic rings. The van der Waals surface area contributed by atoms with Crippen molar-refractivity contribution in [3.8, 4) is 17.2 Å². The highest BCUT2D eigenvalue weighted by Crippen LogP contribution is 2.34. The zero-order valence-corrected chi connectivity index (χ0v) is 18.5. The largest absolute Gasteiger partial charge is 0.487 e. The van der Waals surface area contributed by atoms with Crippen LogP contribution < -0.4 is 9.47 Å². The van der Waals surface area contributed by atoms with E-state index in [1.165, 1.54) is 41.3 Å². The summed E-state index contributed by atoms with van der Waals surface area (Å²) < 4.78 is 25.2. The van der Waals surface area contributed by atoms with Crippen LogP contribution in [0.25, 0.3) is 0 Å². The minimum atomic E-state index is -0.666. The van der Waals surface area contributed by atoms with Gasteiger partial charge in [-0.15, -0.1) is 0 Å². The Hall–Kier alpha value is -3.69. The van der Waals surface area contributed by atoms with Crippen molar-refractivity contribution >= 4 is 23.2 Å². The van der Waals surface area contributed by atoms with E-state index in [1.807, 2.05) is 0 Å². The molecule has 0 saturated carbocycles. The van der Waals surface area contributed by atoms with Crippen LogP contribution in [0.4, 0.5) is 10.1 Å². The van der Waals surface area contributed by atoms with Crippen LogP contribution in [0, 0.1) is 15.9 Å². The van der Waals surface area contributed by atoms with Crippen molar-refractivity contribution in [3.63, 3.8) is 0 Å². The number of aliphatic hydroxyl groups is 1. The number of aliphatic hydroxyl groups excluding tert-OH is 1. The van der Waals surface area contributed by atoms with Crippen LogP contribution in [0.2, 0.25) is 5.02 Å². The number of hydrogen-bond acceptors (Lipinski definition) is 6. The van der Waals surface area contributed by atoms with Gasteiger partial charge in [-0.3, -0.25) is 14.9 Å². The minimum absolute atomic E-state index is 0.0271. The summed E-state index contributed by atoms with van der Waals surface area (Å²) in [6.45, 7) is -0.568. The lowest BCUT2D eigenvalue weighted by Crippen LogP contribution is -2.21. The molecule has 0 bridgehead atoms. The quantitative estimate of drug-likeness (QED) is 0.366. The van der Waals surface area contributed by atoms with Crippen molar-refractivity contribution in [3.05, 3.63) is 92.2 Å². The van der Waals surface area contributed by atoms with Crippen LogP contribution in [0.3, 0.4) is 0 Å². The molecule has 10 heteroatoms. The van der Waals surface area contributed by atoms with Gasteiger partial charge in [-0.1, -0.05) is 11.6 Å². The van der Waals surface area contributed by atoms with Crippen LogP contribution in [-0.2, 0) is 13.2 Å². The number of rotatable bonds is 8. The number of amides is 1. The monoisotopic (exact) mass is 474 g/mol. The van der Waals surface area contributed by atoms with E-state index >= 15 is 0 Å². The van der Waals surface area contributed by atoms with E-state index < -0.39 is 17.3 Å².